The van der Waals surface area contributed by atoms with Gasteiger partial charge in [0.2, 0.25) is 5.91 Å². The second-order valence-electron chi connectivity index (χ2n) is 6.66. The fraction of sp³-hybridized carbons (Fsp3) is 0.533. The third kappa shape index (κ3) is 3.78. The van der Waals surface area contributed by atoms with Crippen LogP contribution in [0.3, 0.4) is 0 Å². The molecule has 0 aliphatic heterocycles. The standard InChI is InChI=1S/C15H21N3O/c1-14(2,3)11-8-7-10(9-16)12(17-11)18-13(19)15(4,5)6/h7-8H,1-6H3,(H,17,18,19). The van der Waals surface area contributed by atoms with E-state index in [1.165, 1.54) is 0 Å². The smallest absolute Gasteiger partial charge is 0.230 e. The lowest BCUT2D eigenvalue weighted by Crippen LogP contribution is -2.29. The van der Waals surface area contributed by atoms with Crippen LogP contribution in [-0.2, 0) is 10.2 Å². The minimum Gasteiger partial charge on any atom is -0.309 e. The minimum absolute atomic E-state index is 0.130. The monoisotopic (exact) mass is 259 g/mol. The number of hydrogen-bond donors (Lipinski definition) is 1. The lowest BCUT2D eigenvalue weighted by Gasteiger charge is -2.21. The summed E-state index contributed by atoms with van der Waals surface area (Å²) in [6.07, 6.45) is 0. The largest absolute Gasteiger partial charge is 0.309 e. The molecule has 1 heterocycles. The van der Waals surface area contributed by atoms with Gasteiger partial charge in [0.05, 0.1) is 5.56 Å². The molecule has 1 aromatic heterocycles. The number of pyridine rings is 1. The Labute approximate surface area is 114 Å². The number of anilines is 1. The summed E-state index contributed by atoms with van der Waals surface area (Å²) in [4.78, 5) is 16.4. The van der Waals surface area contributed by atoms with Crippen molar-refractivity contribution in [2.75, 3.05) is 5.32 Å². The van der Waals surface area contributed by atoms with Crippen molar-refractivity contribution in [1.29, 1.82) is 5.26 Å². The van der Waals surface area contributed by atoms with Crippen molar-refractivity contribution >= 4 is 11.7 Å². The summed E-state index contributed by atoms with van der Waals surface area (Å²) in [6.45, 7) is 11.6. The number of carbonyl (C=O) groups excluding carboxylic acids is 1. The molecule has 0 bridgehead atoms. The topological polar surface area (TPSA) is 65.8 Å². The Morgan fingerprint density at radius 3 is 2.21 bits per heavy atom. The van der Waals surface area contributed by atoms with Gasteiger partial charge in [0.1, 0.15) is 6.07 Å². The van der Waals surface area contributed by atoms with E-state index in [9.17, 15) is 4.79 Å². The van der Waals surface area contributed by atoms with Crippen LogP contribution in [0.4, 0.5) is 5.82 Å². The van der Waals surface area contributed by atoms with E-state index >= 15 is 0 Å². The number of nitriles is 1. The maximum atomic E-state index is 12.0. The Bertz CT molecular complexity index is 528. The van der Waals surface area contributed by atoms with Crippen molar-refractivity contribution in [3.63, 3.8) is 0 Å². The summed E-state index contributed by atoms with van der Waals surface area (Å²) in [6, 6.07) is 5.58. The molecule has 1 rings (SSSR count). The fourth-order valence-corrected chi connectivity index (χ4v) is 1.36. The van der Waals surface area contributed by atoms with Crippen molar-refractivity contribution in [3.05, 3.63) is 23.4 Å². The lowest BCUT2D eigenvalue weighted by atomic mass is 9.91. The van der Waals surface area contributed by atoms with E-state index in [-0.39, 0.29) is 11.3 Å². The van der Waals surface area contributed by atoms with Gasteiger partial charge in [0, 0.05) is 16.5 Å². The Kier molecular flexibility index (Phi) is 4.00. The second kappa shape index (κ2) is 5.00. The number of rotatable bonds is 1. The number of amides is 1. The molecule has 0 unspecified atom stereocenters. The Morgan fingerprint density at radius 2 is 1.79 bits per heavy atom. The van der Waals surface area contributed by atoms with E-state index < -0.39 is 5.41 Å². The molecule has 0 radical (unpaired) electrons. The SMILES string of the molecule is CC(C)(C)C(=O)Nc1nc(C(C)(C)C)ccc1C#N. The van der Waals surface area contributed by atoms with Crippen molar-refractivity contribution in [1.82, 2.24) is 4.98 Å². The van der Waals surface area contributed by atoms with Crippen LogP contribution in [0.25, 0.3) is 0 Å². The van der Waals surface area contributed by atoms with E-state index in [2.05, 4.69) is 16.4 Å². The molecule has 0 saturated heterocycles. The summed E-state index contributed by atoms with van der Waals surface area (Å²) in [5.74, 6) is 0.192. The average Bonchev–Trinajstić information content (AvgIpc) is 2.26. The van der Waals surface area contributed by atoms with Gasteiger partial charge in [-0.15, -0.1) is 0 Å². The van der Waals surface area contributed by atoms with Gasteiger partial charge in [0.25, 0.3) is 0 Å². The number of hydrogen-bond acceptors (Lipinski definition) is 3. The van der Waals surface area contributed by atoms with Gasteiger partial charge in [-0.25, -0.2) is 4.98 Å². The van der Waals surface area contributed by atoms with E-state index in [1.54, 1.807) is 6.07 Å². The zero-order valence-corrected chi connectivity index (χ0v) is 12.5. The zero-order valence-electron chi connectivity index (χ0n) is 12.5. The molecule has 0 saturated carbocycles. The number of nitrogens with zero attached hydrogens (tertiary/aromatic N) is 2. The van der Waals surface area contributed by atoms with Gasteiger partial charge in [-0.3, -0.25) is 4.79 Å². The summed E-state index contributed by atoms with van der Waals surface area (Å²) in [5.41, 5.74) is 0.572. The van der Waals surface area contributed by atoms with Gasteiger partial charge in [0.15, 0.2) is 5.82 Å². The third-order valence-electron chi connectivity index (χ3n) is 2.70. The predicted molar refractivity (Wildman–Crippen MR) is 75.7 cm³/mol. The van der Waals surface area contributed by atoms with E-state index in [1.807, 2.05) is 47.6 Å². The summed E-state index contributed by atoms with van der Waals surface area (Å²) < 4.78 is 0. The molecule has 19 heavy (non-hydrogen) atoms. The lowest BCUT2D eigenvalue weighted by molar-refractivity contribution is -0.123. The first-order valence-electron chi connectivity index (χ1n) is 6.29. The van der Waals surface area contributed by atoms with Crippen LogP contribution >= 0.6 is 0 Å². The molecule has 0 aromatic carbocycles. The first kappa shape index (κ1) is 15.2. The van der Waals surface area contributed by atoms with Gasteiger partial charge in [-0.1, -0.05) is 41.5 Å². The van der Waals surface area contributed by atoms with Crippen LogP contribution in [0.5, 0.6) is 0 Å². The van der Waals surface area contributed by atoms with Crippen molar-refractivity contribution in [3.8, 4) is 6.07 Å². The molecule has 1 amide bonds. The highest BCUT2D eigenvalue weighted by Crippen LogP contribution is 2.24. The van der Waals surface area contributed by atoms with Gasteiger partial charge < -0.3 is 5.32 Å². The van der Waals surface area contributed by atoms with Gasteiger partial charge in [-0.05, 0) is 12.1 Å². The summed E-state index contributed by atoms with van der Waals surface area (Å²) in [5, 5.41) is 11.8. The molecule has 0 aliphatic carbocycles. The van der Waals surface area contributed by atoms with Crippen molar-refractivity contribution in [2.24, 2.45) is 5.41 Å². The van der Waals surface area contributed by atoms with Crippen LogP contribution in [0.1, 0.15) is 52.8 Å². The highest BCUT2D eigenvalue weighted by molar-refractivity contribution is 5.94. The molecule has 102 valence electrons. The van der Waals surface area contributed by atoms with Crippen molar-refractivity contribution in [2.45, 2.75) is 47.0 Å². The first-order chi connectivity index (χ1) is 8.55. The highest BCUT2D eigenvalue weighted by Gasteiger charge is 2.24. The quantitative estimate of drug-likeness (QED) is 0.842. The number of carbonyl (C=O) groups is 1. The maximum Gasteiger partial charge on any atom is 0.230 e. The average molecular weight is 259 g/mol. The summed E-state index contributed by atoms with van der Waals surface area (Å²) in [7, 11) is 0. The number of aromatic nitrogens is 1. The molecule has 0 fully saturated rings. The maximum absolute atomic E-state index is 12.0. The Balaban J connectivity index is 3.19. The van der Waals surface area contributed by atoms with Crippen molar-refractivity contribution < 1.29 is 4.79 Å². The molecular formula is C15H21N3O. The molecular weight excluding hydrogens is 238 g/mol. The predicted octanol–water partition coefficient (Wildman–Crippen LogP) is 3.24. The molecule has 1 N–H and O–H groups in total. The molecule has 0 atom stereocenters. The van der Waals surface area contributed by atoms with Crippen LogP contribution in [0.15, 0.2) is 12.1 Å². The molecule has 1 aromatic rings. The normalized spacial score (nSPS) is 11.8. The first-order valence-corrected chi connectivity index (χ1v) is 6.29. The minimum atomic E-state index is -0.522. The summed E-state index contributed by atoms with van der Waals surface area (Å²) >= 11 is 0. The van der Waals surface area contributed by atoms with Gasteiger partial charge >= 0.3 is 0 Å². The van der Waals surface area contributed by atoms with Gasteiger partial charge in [-0.2, -0.15) is 5.26 Å². The third-order valence-corrected chi connectivity index (χ3v) is 2.70. The number of nitrogens with one attached hydrogen (secondary N) is 1. The zero-order chi connectivity index (χ0) is 14.8. The van der Waals surface area contributed by atoms with Crippen LogP contribution in [0.2, 0.25) is 0 Å². The fourth-order valence-electron chi connectivity index (χ4n) is 1.36. The van der Waals surface area contributed by atoms with E-state index in [0.29, 0.717) is 11.4 Å². The Morgan fingerprint density at radius 1 is 1.21 bits per heavy atom. The second-order valence-corrected chi connectivity index (χ2v) is 6.66. The highest BCUT2D eigenvalue weighted by atomic mass is 16.2. The van der Waals surface area contributed by atoms with Crippen LogP contribution in [-0.4, -0.2) is 10.9 Å². The van der Waals surface area contributed by atoms with Crippen LogP contribution < -0.4 is 5.32 Å². The molecule has 4 nitrogen and oxygen atoms in total. The molecule has 0 aliphatic rings. The molecule has 4 heteroatoms. The van der Waals surface area contributed by atoms with E-state index in [0.717, 1.165) is 5.69 Å². The van der Waals surface area contributed by atoms with E-state index in [4.69, 9.17) is 5.26 Å². The van der Waals surface area contributed by atoms with Crippen LogP contribution in [0, 0.1) is 16.7 Å². The Hall–Kier alpha value is -1.89. The molecule has 0 spiro atoms.